The molecule has 3 aromatic carbocycles. The van der Waals surface area contributed by atoms with Crippen LogP contribution in [0.4, 0.5) is 5.69 Å². The molecule has 3 rings (SSSR count). The Bertz CT molecular complexity index is 1390. The standard InChI is InChI=1S/C28H31Cl2N3O4S/c1-5-31-28(35)21(4)32(17-22-9-11-23(29)12-10-22)27(34)18-33(24-13-8-20(3)26(30)16-24)38(36,37)25-14-6-19(2)7-15-25/h6-16,21H,5,17-18H2,1-4H3,(H,31,35)/t21-/m1/s1. The van der Waals surface area contributed by atoms with E-state index in [1.54, 1.807) is 69.3 Å². The Kier molecular flexibility index (Phi) is 9.82. The lowest BCUT2D eigenvalue weighted by molar-refractivity contribution is -0.139. The van der Waals surface area contributed by atoms with Crippen molar-refractivity contribution in [3.8, 4) is 0 Å². The SMILES string of the molecule is CCNC(=O)[C@@H](C)N(Cc1ccc(Cl)cc1)C(=O)CN(c1ccc(C)c(Cl)c1)S(=O)(=O)c1ccc(C)cc1. The monoisotopic (exact) mass is 575 g/mol. The van der Waals surface area contributed by atoms with Crippen molar-refractivity contribution in [3.05, 3.63) is 93.5 Å². The largest absolute Gasteiger partial charge is 0.355 e. The first kappa shape index (κ1) is 29.5. The van der Waals surface area contributed by atoms with Crippen LogP contribution in [0.2, 0.25) is 10.0 Å². The number of halogens is 2. The molecule has 0 saturated carbocycles. The number of amides is 2. The Morgan fingerprint density at radius 1 is 0.947 bits per heavy atom. The molecule has 0 heterocycles. The van der Waals surface area contributed by atoms with Gasteiger partial charge in [-0.15, -0.1) is 0 Å². The van der Waals surface area contributed by atoms with Gasteiger partial charge in [0.2, 0.25) is 11.8 Å². The molecular weight excluding hydrogens is 545 g/mol. The summed E-state index contributed by atoms with van der Waals surface area (Å²) in [7, 11) is -4.15. The smallest absolute Gasteiger partial charge is 0.264 e. The second kappa shape index (κ2) is 12.7. The topological polar surface area (TPSA) is 86.8 Å². The van der Waals surface area contributed by atoms with Crippen molar-refractivity contribution >= 4 is 50.7 Å². The molecule has 0 aliphatic rings. The number of aryl methyl sites for hydroxylation is 2. The number of sulfonamides is 1. The minimum Gasteiger partial charge on any atom is -0.355 e. The van der Waals surface area contributed by atoms with Crippen LogP contribution in [0.15, 0.2) is 71.6 Å². The number of hydrogen-bond acceptors (Lipinski definition) is 4. The van der Waals surface area contributed by atoms with Gasteiger partial charge < -0.3 is 10.2 Å². The first-order valence-corrected chi connectivity index (χ1v) is 14.3. The Morgan fingerprint density at radius 3 is 2.16 bits per heavy atom. The average molecular weight is 577 g/mol. The van der Waals surface area contributed by atoms with Crippen molar-refractivity contribution < 1.29 is 18.0 Å². The summed E-state index contributed by atoms with van der Waals surface area (Å²) >= 11 is 12.4. The summed E-state index contributed by atoms with van der Waals surface area (Å²) in [6.07, 6.45) is 0. The van der Waals surface area contributed by atoms with Crippen LogP contribution in [0, 0.1) is 13.8 Å². The van der Waals surface area contributed by atoms with Crippen LogP contribution in [0.3, 0.4) is 0 Å². The first-order chi connectivity index (χ1) is 17.9. The lowest BCUT2D eigenvalue weighted by Crippen LogP contribution is -2.51. The van der Waals surface area contributed by atoms with Crippen LogP contribution < -0.4 is 9.62 Å². The number of likely N-dealkylation sites (N-methyl/N-ethyl adjacent to an activating group) is 1. The lowest BCUT2D eigenvalue weighted by atomic mass is 10.1. The van der Waals surface area contributed by atoms with Crippen molar-refractivity contribution in [2.45, 2.75) is 45.2 Å². The number of anilines is 1. The number of benzene rings is 3. The van der Waals surface area contributed by atoms with Gasteiger partial charge >= 0.3 is 0 Å². The highest BCUT2D eigenvalue weighted by atomic mass is 35.5. The van der Waals surface area contributed by atoms with Crippen LogP contribution in [-0.4, -0.2) is 44.3 Å². The molecular formula is C28H31Cl2N3O4S. The van der Waals surface area contributed by atoms with Gasteiger partial charge in [0.1, 0.15) is 12.6 Å². The van der Waals surface area contributed by atoms with Gasteiger partial charge in [-0.1, -0.05) is 59.1 Å². The van der Waals surface area contributed by atoms with Crippen molar-refractivity contribution in [1.29, 1.82) is 0 Å². The van der Waals surface area contributed by atoms with Crippen molar-refractivity contribution in [1.82, 2.24) is 10.2 Å². The van der Waals surface area contributed by atoms with E-state index >= 15 is 0 Å². The Balaban J connectivity index is 2.05. The predicted octanol–water partition coefficient (Wildman–Crippen LogP) is 5.36. The Labute approximate surface area is 234 Å². The number of carbonyl (C=O) groups excluding carboxylic acids is 2. The third-order valence-corrected chi connectivity index (χ3v) is 8.56. The van der Waals surface area contributed by atoms with Gasteiger partial charge in [-0.3, -0.25) is 13.9 Å². The fraction of sp³-hybridized carbons (Fsp3) is 0.286. The van der Waals surface area contributed by atoms with Crippen LogP contribution in [0.25, 0.3) is 0 Å². The van der Waals surface area contributed by atoms with Gasteiger partial charge in [0, 0.05) is 23.1 Å². The van der Waals surface area contributed by atoms with Crippen LogP contribution in [0.5, 0.6) is 0 Å². The third kappa shape index (κ3) is 7.07. The molecule has 38 heavy (non-hydrogen) atoms. The zero-order valence-electron chi connectivity index (χ0n) is 21.7. The number of hydrogen-bond donors (Lipinski definition) is 1. The van der Waals surface area contributed by atoms with Crippen LogP contribution in [0.1, 0.15) is 30.5 Å². The number of nitrogens with one attached hydrogen (secondary N) is 1. The molecule has 1 atom stereocenters. The number of rotatable bonds is 10. The molecule has 0 aliphatic heterocycles. The molecule has 3 aromatic rings. The summed E-state index contributed by atoms with van der Waals surface area (Å²) < 4.78 is 28.7. The second-order valence-electron chi connectivity index (χ2n) is 8.98. The van der Waals surface area contributed by atoms with Crippen LogP contribution >= 0.6 is 23.2 Å². The molecule has 10 heteroatoms. The minimum atomic E-state index is -4.15. The maximum atomic E-state index is 13.8. The molecule has 0 bridgehead atoms. The normalized spacial score (nSPS) is 12.1. The minimum absolute atomic E-state index is 0.0358. The highest BCUT2D eigenvalue weighted by molar-refractivity contribution is 7.92. The van der Waals surface area contributed by atoms with Gasteiger partial charge in [-0.05, 0) is 75.2 Å². The van der Waals surface area contributed by atoms with E-state index in [-0.39, 0.29) is 23.0 Å². The number of nitrogens with zero attached hydrogens (tertiary/aromatic N) is 2. The molecule has 2 amide bonds. The zero-order chi connectivity index (χ0) is 28.0. The summed E-state index contributed by atoms with van der Waals surface area (Å²) in [5, 5.41) is 3.64. The van der Waals surface area contributed by atoms with E-state index in [1.165, 1.54) is 23.1 Å². The lowest BCUT2D eigenvalue weighted by Gasteiger charge is -2.32. The molecule has 0 aromatic heterocycles. The summed E-state index contributed by atoms with van der Waals surface area (Å²) in [5.41, 5.74) is 2.65. The van der Waals surface area contributed by atoms with E-state index in [9.17, 15) is 18.0 Å². The summed E-state index contributed by atoms with van der Waals surface area (Å²) in [4.78, 5) is 28.0. The second-order valence-corrected chi connectivity index (χ2v) is 11.7. The maximum absolute atomic E-state index is 13.8. The predicted molar refractivity (Wildman–Crippen MR) is 152 cm³/mol. The van der Waals surface area contributed by atoms with Gasteiger partial charge in [-0.25, -0.2) is 8.42 Å². The van der Waals surface area contributed by atoms with Gasteiger partial charge in [0.05, 0.1) is 10.6 Å². The average Bonchev–Trinajstić information content (AvgIpc) is 2.88. The summed E-state index contributed by atoms with van der Waals surface area (Å²) in [5.74, 6) is -0.896. The molecule has 0 unspecified atom stereocenters. The van der Waals surface area contributed by atoms with E-state index in [2.05, 4.69) is 5.32 Å². The first-order valence-electron chi connectivity index (χ1n) is 12.1. The van der Waals surface area contributed by atoms with Gasteiger partial charge in [0.15, 0.2) is 0 Å². The molecule has 0 fully saturated rings. The summed E-state index contributed by atoms with van der Waals surface area (Å²) in [6, 6.07) is 17.3. The van der Waals surface area contributed by atoms with E-state index in [1.807, 2.05) is 6.92 Å². The van der Waals surface area contributed by atoms with Gasteiger partial charge in [0.25, 0.3) is 10.0 Å². The molecule has 1 N–H and O–H groups in total. The molecule has 0 saturated heterocycles. The Morgan fingerprint density at radius 2 is 1.58 bits per heavy atom. The quantitative estimate of drug-likeness (QED) is 0.352. The zero-order valence-corrected chi connectivity index (χ0v) is 24.1. The molecule has 0 radical (unpaired) electrons. The van der Waals surface area contributed by atoms with Crippen molar-refractivity contribution in [2.75, 3.05) is 17.4 Å². The van der Waals surface area contributed by atoms with Gasteiger partial charge in [-0.2, -0.15) is 0 Å². The highest BCUT2D eigenvalue weighted by Gasteiger charge is 2.32. The molecule has 0 aliphatic carbocycles. The molecule has 7 nitrogen and oxygen atoms in total. The Hall–Kier alpha value is -3.07. The van der Waals surface area contributed by atoms with E-state index < -0.39 is 28.5 Å². The number of carbonyl (C=O) groups is 2. The molecule has 0 spiro atoms. The fourth-order valence-electron chi connectivity index (χ4n) is 3.79. The summed E-state index contributed by atoms with van der Waals surface area (Å²) in [6.45, 7) is 7.00. The van der Waals surface area contributed by atoms with Crippen molar-refractivity contribution in [2.24, 2.45) is 0 Å². The molecule has 202 valence electrons. The highest BCUT2D eigenvalue weighted by Crippen LogP contribution is 2.29. The van der Waals surface area contributed by atoms with E-state index in [4.69, 9.17) is 23.2 Å². The maximum Gasteiger partial charge on any atom is 0.264 e. The van der Waals surface area contributed by atoms with Crippen molar-refractivity contribution in [3.63, 3.8) is 0 Å². The third-order valence-electron chi connectivity index (χ3n) is 6.12. The van der Waals surface area contributed by atoms with Crippen LogP contribution in [-0.2, 0) is 26.2 Å². The van der Waals surface area contributed by atoms with E-state index in [0.29, 0.717) is 16.6 Å². The van der Waals surface area contributed by atoms with E-state index in [0.717, 1.165) is 21.0 Å². The fourth-order valence-corrected chi connectivity index (χ4v) is 5.50.